The van der Waals surface area contributed by atoms with Gasteiger partial charge in [-0.25, -0.2) is 4.79 Å². The van der Waals surface area contributed by atoms with Gasteiger partial charge in [0.05, 0.1) is 12.2 Å². The molecule has 1 heterocycles. The maximum atomic E-state index is 12.6. The Balaban J connectivity index is 0. The van der Waals surface area contributed by atoms with Crippen LogP contribution < -0.4 is 10.6 Å². The molecule has 0 bridgehead atoms. The second-order valence-corrected chi connectivity index (χ2v) is 7.01. The highest BCUT2D eigenvalue weighted by molar-refractivity contribution is 7.80. The summed E-state index contributed by atoms with van der Waals surface area (Å²) in [5.41, 5.74) is -0.528. The first kappa shape index (κ1) is 31.1. The van der Waals surface area contributed by atoms with Gasteiger partial charge in [0.2, 0.25) is 5.91 Å². The number of ether oxygens (including phenoxy) is 2. The molecule has 1 aromatic heterocycles. The Morgan fingerprint density at radius 1 is 1.13 bits per heavy atom. The monoisotopic (exact) mass is 457 g/mol. The molecule has 2 amide bonds. The minimum absolute atomic E-state index is 0.119. The minimum Gasteiger partial charge on any atom is -0.448 e. The topological polar surface area (TPSA) is 107 Å². The SMILES string of the molecule is CC.CC.COCC(C)(C)[C@@H](OC(=O)c1cccnc1)C(=O)NCCC(=O)NCCS. The molecule has 0 aromatic carbocycles. The van der Waals surface area contributed by atoms with Crippen molar-refractivity contribution in [2.75, 3.05) is 32.6 Å². The van der Waals surface area contributed by atoms with E-state index in [-0.39, 0.29) is 31.0 Å². The second-order valence-electron chi connectivity index (χ2n) is 6.56. The molecule has 2 N–H and O–H groups in total. The number of carbonyl (C=O) groups is 3. The van der Waals surface area contributed by atoms with Crippen molar-refractivity contribution in [1.29, 1.82) is 0 Å². The summed E-state index contributed by atoms with van der Waals surface area (Å²) in [6.45, 7) is 12.3. The van der Waals surface area contributed by atoms with E-state index in [1.165, 1.54) is 19.5 Å². The van der Waals surface area contributed by atoms with Gasteiger partial charge in [0, 0.05) is 50.2 Å². The Morgan fingerprint density at radius 3 is 2.29 bits per heavy atom. The number of carbonyl (C=O) groups excluding carboxylic acids is 3. The van der Waals surface area contributed by atoms with E-state index in [9.17, 15) is 14.4 Å². The highest BCUT2D eigenvalue weighted by atomic mass is 32.1. The number of pyridine rings is 1. The summed E-state index contributed by atoms with van der Waals surface area (Å²) in [7, 11) is 1.51. The van der Waals surface area contributed by atoms with Crippen LogP contribution in [-0.4, -0.2) is 61.4 Å². The molecule has 31 heavy (non-hydrogen) atoms. The van der Waals surface area contributed by atoms with Crippen molar-refractivity contribution in [2.24, 2.45) is 5.41 Å². The zero-order valence-electron chi connectivity index (χ0n) is 19.9. The number of esters is 1. The van der Waals surface area contributed by atoms with Gasteiger partial charge < -0.3 is 20.1 Å². The van der Waals surface area contributed by atoms with E-state index < -0.39 is 23.4 Å². The Kier molecular flexibility index (Phi) is 18.7. The van der Waals surface area contributed by atoms with E-state index in [1.54, 1.807) is 26.0 Å². The van der Waals surface area contributed by atoms with Crippen molar-refractivity contribution < 1.29 is 23.9 Å². The van der Waals surface area contributed by atoms with Gasteiger partial charge in [-0.05, 0) is 12.1 Å². The second kappa shape index (κ2) is 18.6. The van der Waals surface area contributed by atoms with Gasteiger partial charge >= 0.3 is 5.97 Å². The van der Waals surface area contributed by atoms with E-state index in [2.05, 4.69) is 28.2 Å². The van der Waals surface area contributed by atoms with Crippen LogP contribution in [0, 0.1) is 5.41 Å². The van der Waals surface area contributed by atoms with Crippen LogP contribution in [0.25, 0.3) is 0 Å². The van der Waals surface area contributed by atoms with Gasteiger partial charge in [-0.3, -0.25) is 14.6 Å². The van der Waals surface area contributed by atoms with Gasteiger partial charge in [-0.1, -0.05) is 41.5 Å². The largest absolute Gasteiger partial charge is 0.448 e. The van der Waals surface area contributed by atoms with E-state index >= 15 is 0 Å². The lowest BCUT2D eigenvalue weighted by Crippen LogP contribution is -2.49. The van der Waals surface area contributed by atoms with Crippen molar-refractivity contribution in [3.05, 3.63) is 30.1 Å². The molecule has 0 aliphatic carbocycles. The smallest absolute Gasteiger partial charge is 0.340 e. The summed E-state index contributed by atoms with van der Waals surface area (Å²) >= 11 is 4.01. The summed E-state index contributed by atoms with van der Waals surface area (Å²) in [6.07, 6.45) is 1.93. The number of nitrogens with zero attached hydrogens (tertiary/aromatic N) is 1. The maximum Gasteiger partial charge on any atom is 0.340 e. The molecular weight excluding hydrogens is 418 g/mol. The van der Waals surface area contributed by atoms with Crippen LogP contribution in [0.5, 0.6) is 0 Å². The van der Waals surface area contributed by atoms with Crippen molar-refractivity contribution in [2.45, 2.75) is 54.1 Å². The molecule has 0 aliphatic heterocycles. The number of aromatic nitrogens is 1. The zero-order valence-corrected chi connectivity index (χ0v) is 20.8. The first-order chi connectivity index (χ1) is 14.8. The van der Waals surface area contributed by atoms with Gasteiger partial charge in [0.1, 0.15) is 0 Å². The standard InChI is InChI=1S/C18H27N3O5S.2C2H6/c1-18(2,12-25-3)15(26-17(24)13-5-4-7-19-11-13)16(23)21-8-6-14(22)20-9-10-27;2*1-2/h4-5,7,11,15,27H,6,8-10,12H2,1-3H3,(H,20,22)(H,21,23);2*1-2H3/t15-;;/m0../s1. The predicted molar refractivity (Wildman–Crippen MR) is 126 cm³/mol. The quantitative estimate of drug-likeness (QED) is 0.348. The maximum absolute atomic E-state index is 12.6. The molecule has 1 aromatic rings. The highest BCUT2D eigenvalue weighted by Crippen LogP contribution is 2.25. The third kappa shape index (κ3) is 13.0. The molecule has 1 atom stereocenters. The lowest BCUT2D eigenvalue weighted by atomic mass is 9.86. The molecule has 0 saturated carbocycles. The Hall–Kier alpha value is -2.13. The van der Waals surface area contributed by atoms with E-state index in [0.29, 0.717) is 12.3 Å². The van der Waals surface area contributed by atoms with Crippen molar-refractivity contribution in [1.82, 2.24) is 15.6 Å². The summed E-state index contributed by atoms with van der Waals surface area (Å²) < 4.78 is 10.6. The zero-order chi connectivity index (χ0) is 24.3. The van der Waals surface area contributed by atoms with Crippen molar-refractivity contribution >= 4 is 30.4 Å². The number of nitrogens with one attached hydrogen (secondary N) is 2. The fourth-order valence-electron chi connectivity index (χ4n) is 2.35. The summed E-state index contributed by atoms with van der Waals surface area (Å²) in [4.78, 5) is 40.5. The third-order valence-corrected chi connectivity index (χ3v) is 3.90. The average Bonchev–Trinajstić information content (AvgIpc) is 2.78. The number of methoxy groups -OCH3 is 1. The molecule has 0 unspecified atom stereocenters. The van der Waals surface area contributed by atoms with Crippen LogP contribution in [0.2, 0.25) is 0 Å². The molecule has 0 radical (unpaired) electrons. The van der Waals surface area contributed by atoms with Crippen molar-refractivity contribution in [3.63, 3.8) is 0 Å². The normalized spacial score (nSPS) is 11.0. The molecule has 8 nitrogen and oxygen atoms in total. The molecule has 0 aliphatic rings. The molecule has 0 spiro atoms. The molecule has 178 valence electrons. The molecule has 0 fully saturated rings. The Morgan fingerprint density at radius 2 is 1.77 bits per heavy atom. The summed E-state index contributed by atoms with van der Waals surface area (Å²) in [5, 5.41) is 5.30. The van der Waals surface area contributed by atoms with Gasteiger partial charge in [0.15, 0.2) is 6.10 Å². The lowest BCUT2D eigenvalue weighted by Gasteiger charge is -2.32. The highest BCUT2D eigenvalue weighted by Gasteiger charge is 2.39. The lowest BCUT2D eigenvalue weighted by molar-refractivity contribution is -0.138. The van der Waals surface area contributed by atoms with E-state index in [0.717, 1.165) is 0 Å². The Labute approximate surface area is 192 Å². The predicted octanol–water partition coefficient (Wildman–Crippen LogP) is 2.88. The van der Waals surface area contributed by atoms with E-state index in [1.807, 2.05) is 27.7 Å². The first-order valence-corrected chi connectivity index (χ1v) is 11.2. The molecule has 9 heteroatoms. The molecule has 1 rings (SSSR count). The number of amides is 2. The summed E-state index contributed by atoms with van der Waals surface area (Å²) in [5.74, 6) is -0.796. The molecule has 0 saturated heterocycles. The fourth-order valence-corrected chi connectivity index (χ4v) is 2.46. The van der Waals surface area contributed by atoms with Crippen molar-refractivity contribution in [3.8, 4) is 0 Å². The van der Waals surface area contributed by atoms with Crippen LogP contribution in [0.3, 0.4) is 0 Å². The van der Waals surface area contributed by atoms with Crippen LogP contribution >= 0.6 is 12.6 Å². The average molecular weight is 458 g/mol. The van der Waals surface area contributed by atoms with Gasteiger partial charge in [-0.2, -0.15) is 12.6 Å². The van der Waals surface area contributed by atoms with Crippen LogP contribution in [0.4, 0.5) is 0 Å². The van der Waals surface area contributed by atoms with Gasteiger partial charge in [0.25, 0.3) is 5.91 Å². The fraction of sp³-hybridized carbons (Fsp3) is 0.636. The number of rotatable bonds is 11. The van der Waals surface area contributed by atoms with Crippen LogP contribution in [0.1, 0.15) is 58.3 Å². The molecular formula is C22H39N3O5S. The first-order valence-electron chi connectivity index (χ1n) is 10.6. The van der Waals surface area contributed by atoms with E-state index in [4.69, 9.17) is 9.47 Å². The summed E-state index contributed by atoms with van der Waals surface area (Å²) in [6, 6.07) is 3.16. The third-order valence-electron chi connectivity index (χ3n) is 3.67. The Bertz CT molecular complexity index is 627. The van der Waals surface area contributed by atoms with Crippen LogP contribution in [0.15, 0.2) is 24.5 Å². The number of hydrogen-bond acceptors (Lipinski definition) is 7. The minimum atomic E-state index is -1.09. The number of thiol groups is 1. The number of hydrogen-bond donors (Lipinski definition) is 3. The van der Waals surface area contributed by atoms with Crippen LogP contribution in [-0.2, 0) is 19.1 Å². The van der Waals surface area contributed by atoms with Gasteiger partial charge in [-0.15, -0.1) is 0 Å².